The minimum atomic E-state index is -0.0215. The van der Waals surface area contributed by atoms with Crippen LogP contribution < -0.4 is 11.1 Å². The maximum atomic E-state index is 6.06. The summed E-state index contributed by atoms with van der Waals surface area (Å²) in [5.41, 5.74) is 6.04. The van der Waals surface area contributed by atoms with Crippen molar-refractivity contribution in [1.29, 1.82) is 0 Å². The van der Waals surface area contributed by atoms with Crippen LogP contribution in [0.5, 0.6) is 0 Å². The van der Waals surface area contributed by atoms with Crippen molar-refractivity contribution in [2.45, 2.75) is 24.8 Å². The molecule has 0 saturated heterocycles. The van der Waals surface area contributed by atoms with Crippen molar-refractivity contribution in [3.63, 3.8) is 0 Å². The Kier molecular flexibility index (Phi) is 2.87. The molecule has 0 radical (unpaired) electrons. The third-order valence-electron chi connectivity index (χ3n) is 2.57. The first-order chi connectivity index (χ1) is 6.68. The van der Waals surface area contributed by atoms with Crippen LogP contribution in [0.4, 0.5) is 5.95 Å². The molecule has 1 aromatic heterocycles. The quantitative estimate of drug-likeness (QED) is 0.828. The minimum absolute atomic E-state index is 0.0215. The fourth-order valence-electron chi connectivity index (χ4n) is 1.47. The number of hydrogen-bond donors (Lipinski definition) is 2. The molecule has 4 nitrogen and oxygen atoms in total. The lowest BCUT2D eigenvalue weighted by molar-refractivity contribution is 0.265. The van der Waals surface area contributed by atoms with Crippen LogP contribution in [0.3, 0.4) is 0 Å². The third-order valence-corrected chi connectivity index (χ3v) is 3.13. The van der Waals surface area contributed by atoms with Gasteiger partial charge in [0.05, 0.1) is 0 Å². The molecule has 1 aliphatic rings. The maximum absolute atomic E-state index is 6.06. The zero-order chi connectivity index (χ0) is 10.0. The summed E-state index contributed by atoms with van der Waals surface area (Å²) in [5.74, 6) is 0.669. The van der Waals surface area contributed by atoms with Crippen molar-refractivity contribution in [3.8, 4) is 0 Å². The van der Waals surface area contributed by atoms with Crippen molar-refractivity contribution < 1.29 is 0 Å². The minimum Gasteiger partial charge on any atom is -0.352 e. The molecular formula is C9H13IN4. The summed E-state index contributed by atoms with van der Waals surface area (Å²) in [6, 6.07) is 0. The molecule has 0 amide bonds. The molecule has 1 aliphatic carbocycles. The Morgan fingerprint density at radius 2 is 2.07 bits per heavy atom. The van der Waals surface area contributed by atoms with Crippen molar-refractivity contribution in [2.75, 3.05) is 11.9 Å². The van der Waals surface area contributed by atoms with E-state index in [2.05, 4.69) is 37.9 Å². The molecule has 1 heterocycles. The van der Waals surface area contributed by atoms with Gasteiger partial charge < -0.3 is 11.1 Å². The van der Waals surface area contributed by atoms with Gasteiger partial charge in [0, 0.05) is 28.0 Å². The SMILES string of the molecule is NC1(CNc2ncc(I)cn2)CCC1. The van der Waals surface area contributed by atoms with Crippen LogP contribution in [0.2, 0.25) is 0 Å². The van der Waals surface area contributed by atoms with Crippen molar-refractivity contribution >= 4 is 28.5 Å². The molecule has 2 rings (SSSR count). The van der Waals surface area contributed by atoms with Crippen LogP contribution in [0.1, 0.15) is 19.3 Å². The molecule has 0 atom stereocenters. The van der Waals surface area contributed by atoms with E-state index >= 15 is 0 Å². The Morgan fingerprint density at radius 1 is 1.43 bits per heavy atom. The standard InChI is InChI=1S/C9H13IN4/c10-7-4-12-8(13-5-7)14-6-9(11)2-1-3-9/h4-5H,1-3,6,11H2,(H,12,13,14). The summed E-state index contributed by atoms with van der Waals surface area (Å²) < 4.78 is 1.04. The van der Waals surface area contributed by atoms with Crippen LogP contribution in [0.15, 0.2) is 12.4 Å². The average molecular weight is 304 g/mol. The lowest BCUT2D eigenvalue weighted by Gasteiger charge is -2.38. The number of hydrogen-bond acceptors (Lipinski definition) is 4. The summed E-state index contributed by atoms with van der Waals surface area (Å²) >= 11 is 2.18. The summed E-state index contributed by atoms with van der Waals surface area (Å²) in [4.78, 5) is 8.31. The molecule has 0 aliphatic heterocycles. The highest BCUT2D eigenvalue weighted by Gasteiger charge is 2.32. The zero-order valence-corrected chi connectivity index (χ0v) is 9.99. The number of nitrogens with zero attached hydrogens (tertiary/aromatic N) is 2. The van der Waals surface area contributed by atoms with Crippen molar-refractivity contribution in [2.24, 2.45) is 5.73 Å². The topological polar surface area (TPSA) is 63.8 Å². The van der Waals surface area contributed by atoms with Crippen molar-refractivity contribution in [1.82, 2.24) is 9.97 Å². The first-order valence-electron chi connectivity index (χ1n) is 4.68. The second kappa shape index (κ2) is 3.98. The predicted molar refractivity (Wildman–Crippen MR) is 64.0 cm³/mol. The number of nitrogens with one attached hydrogen (secondary N) is 1. The van der Waals surface area contributed by atoms with Gasteiger partial charge in [-0.15, -0.1) is 0 Å². The van der Waals surface area contributed by atoms with E-state index < -0.39 is 0 Å². The molecule has 1 aromatic rings. The van der Waals surface area contributed by atoms with Crippen LogP contribution in [0.25, 0.3) is 0 Å². The van der Waals surface area contributed by atoms with Gasteiger partial charge in [-0.1, -0.05) is 0 Å². The number of halogens is 1. The van der Waals surface area contributed by atoms with E-state index in [1.54, 1.807) is 12.4 Å². The van der Waals surface area contributed by atoms with E-state index in [9.17, 15) is 0 Å². The zero-order valence-electron chi connectivity index (χ0n) is 7.83. The maximum Gasteiger partial charge on any atom is 0.222 e. The molecule has 0 aromatic carbocycles. The molecule has 0 unspecified atom stereocenters. The van der Waals surface area contributed by atoms with Crippen LogP contribution in [0, 0.1) is 3.57 Å². The molecule has 3 N–H and O–H groups in total. The fraction of sp³-hybridized carbons (Fsp3) is 0.556. The van der Waals surface area contributed by atoms with Gasteiger partial charge in [0.25, 0.3) is 0 Å². The summed E-state index contributed by atoms with van der Waals surface area (Å²) in [6.45, 7) is 0.771. The molecule has 1 fully saturated rings. The third kappa shape index (κ3) is 2.33. The van der Waals surface area contributed by atoms with Gasteiger partial charge in [0.2, 0.25) is 5.95 Å². The normalized spacial score (nSPS) is 18.7. The van der Waals surface area contributed by atoms with Gasteiger partial charge in [0.15, 0.2) is 0 Å². The largest absolute Gasteiger partial charge is 0.352 e. The lowest BCUT2D eigenvalue weighted by Crippen LogP contribution is -2.52. The van der Waals surface area contributed by atoms with Gasteiger partial charge >= 0.3 is 0 Å². The smallest absolute Gasteiger partial charge is 0.222 e. The highest BCUT2D eigenvalue weighted by atomic mass is 127. The second-order valence-electron chi connectivity index (χ2n) is 3.79. The van der Waals surface area contributed by atoms with Crippen LogP contribution >= 0.6 is 22.6 Å². The van der Waals surface area contributed by atoms with Gasteiger partial charge in [-0.2, -0.15) is 0 Å². The van der Waals surface area contributed by atoms with E-state index in [0.717, 1.165) is 23.0 Å². The van der Waals surface area contributed by atoms with E-state index in [1.807, 2.05) is 0 Å². The van der Waals surface area contributed by atoms with Gasteiger partial charge in [-0.25, -0.2) is 9.97 Å². The van der Waals surface area contributed by atoms with E-state index in [0.29, 0.717) is 5.95 Å². The van der Waals surface area contributed by atoms with Gasteiger partial charge in [-0.3, -0.25) is 0 Å². The first kappa shape index (κ1) is 10.1. The Labute approximate surface area is 96.8 Å². The Bertz CT molecular complexity index is 307. The van der Waals surface area contributed by atoms with Crippen LogP contribution in [-0.4, -0.2) is 22.1 Å². The monoisotopic (exact) mass is 304 g/mol. The van der Waals surface area contributed by atoms with Crippen LogP contribution in [-0.2, 0) is 0 Å². The summed E-state index contributed by atoms with van der Waals surface area (Å²) in [5, 5.41) is 3.16. The predicted octanol–water partition coefficient (Wildman–Crippen LogP) is 1.37. The molecule has 0 spiro atoms. The Hall–Kier alpha value is -0.430. The number of nitrogens with two attached hydrogens (primary N) is 1. The fourth-order valence-corrected chi connectivity index (χ4v) is 1.74. The number of aromatic nitrogens is 2. The number of rotatable bonds is 3. The number of anilines is 1. The molecule has 5 heteroatoms. The van der Waals surface area contributed by atoms with Crippen molar-refractivity contribution in [3.05, 3.63) is 16.0 Å². The van der Waals surface area contributed by atoms with Gasteiger partial charge in [0.1, 0.15) is 0 Å². The van der Waals surface area contributed by atoms with E-state index in [-0.39, 0.29) is 5.54 Å². The Balaban J connectivity index is 1.88. The Morgan fingerprint density at radius 3 is 2.57 bits per heavy atom. The highest BCUT2D eigenvalue weighted by molar-refractivity contribution is 14.1. The first-order valence-corrected chi connectivity index (χ1v) is 5.76. The van der Waals surface area contributed by atoms with E-state index in [4.69, 9.17) is 5.73 Å². The lowest BCUT2D eigenvalue weighted by atomic mass is 9.78. The summed E-state index contributed by atoms with van der Waals surface area (Å²) in [6.07, 6.45) is 7.03. The molecule has 14 heavy (non-hydrogen) atoms. The second-order valence-corrected chi connectivity index (χ2v) is 5.04. The molecule has 0 bridgehead atoms. The highest BCUT2D eigenvalue weighted by Crippen LogP contribution is 2.28. The van der Waals surface area contributed by atoms with Gasteiger partial charge in [-0.05, 0) is 41.9 Å². The molecule has 76 valence electrons. The summed E-state index contributed by atoms with van der Waals surface area (Å²) in [7, 11) is 0. The molecule has 1 saturated carbocycles. The molecular weight excluding hydrogens is 291 g/mol. The van der Waals surface area contributed by atoms with E-state index in [1.165, 1.54) is 6.42 Å². The average Bonchev–Trinajstić information content (AvgIpc) is 2.14.